The predicted octanol–water partition coefficient (Wildman–Crippen LogP) is -0.205. The number of β-lactam (4-membered cyclic amide) rings is 1. The lowest BCUT2D eigenvalue weighted by atomic mass is 9.84. The second kappa shape index (κ2) is 6.31. The minimum atomic E-state index is -0.938. The third kappa shape index (κ3) is 2.64. The maximum absolute atomic E-state index is 12.2. The van der Waals surface area contributed by atoms with Gasteiger partial charge in [0.15, 0.2) is 6.04 Å². The van der Waals surface area contributed by atoms with Crippen molar-refractivity contribution in [3.8, 4) is 0 Å². The molecule has 2 aliphatic rings. The van der Waals surface area contributed by atoms with Gasteiger partial charge in [-0.3, -0.25) is 4.79 Å². The van der Waals surface area contributed by atoms with Crippen molar-refractivity contribution in [2.45, 2.75) is 31.5 Å². The van der Waals surface area contributed by atoms with Crippen LogP contribution in [0, 0.1) is 5.92 Å². The van der Waals surface area contributed by atoms with Gasteiger partial charge in [-0.2, -0.15) is 0 Å². The molecule has 2 heterocycles. The first-order valence-corrected chi connectivity index (χ1v) is 6.98. The van der Waals surface area contributed by atoms with Gasteiger partial charge in [-0.05, 0) is 18.9 Å². The molecule has 1 N–H and O–H groups in total. The molecule has 7 heteroatoms. The van der Waals surface area contributed by atoms with E-state index in [-0.39, 0.29) is 18.6 Å². The summed E-state index contributed by atoms with van der Waals surface area (Å²) in [4.78, 5) is 37.2. The van der Waals surface area contributed by atoms with E-state index in [0.717, 1.165) is 0 Å². The first kappa shape index (κ1) is 16.2. The highest BCUT2D eigenvalue weighted by Gasteiger charge is 2.59. The fourth-order valence-corrected chi connectivity index (χ4v) is 3.03. The third-order valence-electron chi connectivity index (χ3n) is 3.98. The van der Waals surface area contributed by atoms with Gasteiger partial charge in [-0.15, -0.1) is 0 Å². The van der Waals surface area contributed by atoms with Crippen LogP contribution >= 0.6 is 0 Å². The number of hydrogen-bond donors (Lipinski definition) is 1. The van der Waals surface area contributed by atoms with Crippen LogP contribution < -0.4 is 0 Å². The van der Waals surface area contributed by atoms with E-state index in [0.29, 0.717) is 12.0 Å². The van der Waals surface area contributed by atoms with Gasteiger partial charge in [-0.1, -0.05) is 12.7 Å². The average molecular weight is 309 g/mol. The molecule has 0 aromatic carbocycles. The van der Waals surface area contributed by atoms with Crippen LogP contribution in [0.4, 0.5) is 0 Å². The summed E-state index contributed by atoms with van der Waals surface area (Å²) in [7, 11) is 1.23. The van der Waals surface area contributed by atoms with Crippen molar-refractivity contribution in [3.05, 3.63) is 24.3 Å². The summed E-state index contributed by atoms with van der Waals surface area (Å²) < 4.78 is 9.59. The normalized spacial score (nSPS) is 29.6. The molecule has 0 bridgehead atoms. The quantitative estimate of drug-likeness (QED) is 0.327. The molecule has 1 amide bonds. The van der Waals surface area contributed by atoms with Crippen molar-refractivity contribution in [3.63, 3.8) is 0 Å². The maximum Gasteiger partial charge on any atom is 0.333 e. The van der Waals surface area contributed by atoms with Crippen molar-refractivity contribution in [2.75, 3.05) is 13.7 Å². The molecule has 0 unspecified atom stereocenters. The van der Waals surface area contributed by atoms with Crippen LogP contribution in [0.25, 0.3) is 0 Å². The zero-order valence-electron chi connectivity index (χ0n) is 12.5. The Balaban J connectivity index is 2.27. The number of aliphatic hydroxyl groups is 1. The highest BCUT2D eigenvalue weighted by molar-refractivity contribution is 5.96. The van der Waals surface area contributed by atoms with E-state index in [2.05, 4.69) is 11.3 Å². The number of aliphatic hydroxyl groups excluding tert-OH is 1. The monoisotopic (exact) mass is 309 g/mol. The molecule has 2 saturated heterocycles. The molecule has 2 aliphatic heterocycles. The van der Waals surface area contributed by atoms with Crippen LogP contribution in [-0.2, 0) is 23.9 Å². The summed E-state index contributed by atoms with van der Waals surface area (Å²) in [5.41, 5.74) is 0.461. The Morgan fingerprint density at radius 1 is 1.55 bits per heavy atom. The number of rotatable bonds is 5. The highest BCUT2D eigenvalue weighted by atomic mass is 16.5. The van der Waals surface area contributed by atoms with Crippen LogP contribution in [0.3, 0.4) is 0 Å². The minimum Gasteiger partial charge on any atom is -0.466 e. The molecule has 0 radical (unpaired) electrons. The number of carbonyl (C=O) groups excluding carboxylic acids is 3. The molecular formula is C15H19NO6. The third-order valence-corrected chi connectivity index (χ3v) is 3.98. The lowest BCUT2D eigenvalue weighted by Gasteiger charge is -2.45. The van der Waals surface area contributed by atoms with Gasteiger partial charge in [0.25, 0.3) is 0 Å². The van der Waals surface area contributed by atoms with Gasteiger partial charge in [0.05, 0.1) is 25.2 Å². The Morgan fingerprint density at radius 3 is 2.77 bits per heavy atom. The van der Waals surface area contributed by atoms with Gasteiger partial charge in [-0.25, -0.2) is 9.59 Å². The van der Waals surface area contributed by atoms with Gasteiger partial charge < -0.3 is 19.5 Å². The van der Waals surface area contributed by atoms with E-state index in [1.807, 2.05) is 0 Å². The Bertz CT molecular complexity index is 538. The molecule has 0 spiro atoms. The Kier molecular flexibility index (Phi) is 4.65. The number of nitrogens with zero attached hydrogens (tertiary/aromatic N) is 1. The molecular weight excluding hydrogens is 290 g/mol. The summed E-state index contributed by atoms with van der Waals surface area (Å²) >= 11 is 0. The zero-order chi connectivity index (χ0) is 16.4. The van der Waals surface area contributed by atoms with Gasteiger partial charge in [0.1, 0.15) is 6.61 Å². The van der Waals surface area contributed by atoms with Crippen molar-refractivity contribution in [1.29, 1.82) is 0 Å². The highest BCUT2D eigenvalue weighted by Crippen LogP contribution is 2.44. The Labute approximate surface area is 128 Å². The van der Waals surface area contributed by atoms with Crippen molar-refractivity contribution in [2.24, 2.45) is 5.92 Å². The van der Waals surface area contributed by atoms with Crippen molar-refractivity contribution < 1.29 is 29.0 Å². The zero-order valence-corrected chi connectivity index (χ0v) is 12.5. The molecule has 4 atom stereocenters. The topological polar surface area (TPSA) is 93.1 Å². The molecule has 0 saturated carbocycles. The summed E-state index contributed by atoms with van der Waals surface area (Å²) in [5, 5.41) is 9.68. The number of carbonyl (C=O) groups is 3. The lowest BCUT2D eigenvalue weighted by Crippen LogP contribution is -2.64. The molecule has 0 aromatic rings. The predicted molar refractivity (Wildman–Crippen MR) is 75.5 cm³/mol. The molecule has 2 fully saturated rings. The van der Waals surface area contributed by atoms with Crippen LogP contribution in [0.2, 0.25) is 0 Å². The number of amides is 1. The second-order valence-electron chi connectivity index (χ2n) is 5.35. The van der Waals surface area contributed by atoms with E-state index in [9.17, 15) is 19.5 Å². The van der Waals surface area contributed by atoms with Crippen LogP contribution in [0.5, 0.6) is 0 Å². The first-order valence-electron chi connectivity index (χ1n) is 6.98. The van der Waals surface area contributed by atoms with Crippen molar-refractivity contribution >= 4 is 17.8 Å². The number of fused-ring (bicyclic) bond motifs is 1. The lowest BCUT2D eigenvalue weighted by molar-refractivity contribution is -0.170. The van der Waals surface area contributed by atoms with Gasteiger partial charge in [0, 0.05) is 6.08 Å². The first-order chi connectivity index (χ1) is 10.4. The summed E-state index contributed by atoms with van der Waals surface area (Å²) in [6, 6.07) is -1.24. The molecule has 0 aliphatic carbocycles. The molecule has 0 aromatic heterocycles. The molecule has 120 valence electrons. The fraction of sp³-hybridized carbons (Fsp3) is 0.533. The van der Waals surface area contributed by atoms with Crippen LogP contribution in [0.15, 0.2) is 24.3 Å². The Hall–Kier alpha value is -2.15. The number of esters is 2. The van der Waals surface area contributed by atoms with Gasteiger partial charge in [0.2, 0.25) is 5.91 Å². The number of ether oxygens (including phenoxy) is 2. The van der Waals surface area contributed by atoms with E-state index in [1.165, 1.54) is 31.1 Å². The molecule has 2 rings (SSSR count). The van der Waals surface area contributed by atoms with Crippen LogP contribution in [-0.4, -0.2) is 59.8 Å². The largest absolute Gasteiger partial charge is 0.466 e. The van der Waals surface area contributed by atoms with E-state index in [1.54, 1.807) is 0 Å². The smallest absolute Gasteiger partial charge is 0.333 e. The van der Waals surface area contributed by atoms with Gasteiger partial charge >= 0.3 is 11.9 Å². The number of hydrogen-bond acceptors (Lipinski definition) is 6. The fourth-order valence-electron chi connectivity index (χ4n) is 3.03. The second-order valence-corrected chi connectivity index (χ2v) is 5.35. The summed E-state index contributed by atoms with van der Waals surface area (Å²) in [5.74, 6) is -2.08. The van der Waals surface area contributed by atoms with E-state index >= 15 is 0 Å². The molecule has 22 heavy (non-hydrogen) atoms. The Morgan fingerprint density at radius 2 is 2.23 bits per heavy atom. The summed E-state index contributed by atoms with van der Waals surface area (Å²) in [6.45, 7) is 5.01. The minimum absolute atomic E-state index is 0.0212. The summed E-state index contributed by atoms with van der Waals surface area (Å²) in [6.07, 6.45) is 2.16. The van der Waals surface area contributed by atoms with E-state index in [4.69, 9.17) is 4.74 Å². The SMILES string of the molecule is C=CCOC(=O)[C@H]1/C(=C/C(=O)OC)C[C@@H]2[C@@H]([C@@H](C)O)C(=O)N21. The molecule has 7 nitrogen and oxygen atoms in total. The maximum atomic E-state index is 12.2. The average Bonchev–Trinajstić information content (AvgIpc) is 2.78. The standard InChI is InChI=1S/C15H19NO6/c1-4-5-22-15(20)13-9(7-11(18)21-3)6-10-12(8(2)17)14(19)16(10)13/h4,7-8,10,12-13,17H,1,5-6H2,2-3H3/b9-7+/t8-,10-,12-,13-/m1/s1. The van der Waals surface area contributed by atoms with Crippen LogP contribution in [0.1, 0.15) is 13.3 Å². The van der Waals surface area contributed by atoms with E-state index < -0.39 is 30.0 Å². The van der Waals surface area contributed by atoms with Crippen molar-refractivity contribution in [1.82, 2.24) is 4.90 Å². The number of methoxy groups -OCH3 is 1.